The maximum absolute atomic E-state index is 5.65. The van der Waals surface area contributed by atoms with E-state index in [4.69, 9.17) is 65.8 Å². The molecule has 4 aliphatic heterocycles. The van der Waals surface area contributed by atoms with Crippen molar-refractivity contribution in [2.45, 2.75) is 105 Å². The fourth-order valence-corrected chi connectivity index (χ4v) is 43.3. The fourth-order valence-electron chi connectivity index (χ4n) is 4.02. The van der Waals surface area contributed by atoms with Crippen molar-refractivity contribution in [3.63, 3.8) is 0 Å². The van der Waals surface area contributed by atoms with Gasteiger partial charge in [-0.15, -0.1) is 0 Å². The smallest absolute Gasteiger partial charge is 0.362 e. The van der Waals surface area contributed by atoms with Gasteiger partial charge in [0.15, 0.2) is 0 Å². The third kappa shape index (κ3) is 81.9. The van der Waals surface area contributed by atoms with Gasteiger partial charge in [-0.05, 0) is 105 Å². The molecule has 4 fully saturated rings. The second-order valence-corrected chi connectivity index (χ2v) is 41.4. The van der Waals surface area contributed by atoms with Crippen molar-refractivity contribution in [3.8, 4) is 0 Å². The molecule has 388 valence electrons. The Kier molecular flexibility index (Phi) is 175. The second-order valence-electron chi connectivity index (χ2n) is 10.1. The van der Waals surface area contributed by atoms with E-state index in [9.17, 15) is 0 Å². The van der Waals surface area contributed by atoms with Crippen molar-refractivity contribution in [1.29, 1.82) is 0 Å². The molecule has 0 amide bonds. The minimum atomic E-state index is -1.45. The summed E-state index contributed by atoms with van der Waals surface area (Å²) < 4.78 is 89.5. The standard InChI is InChI=1S/C4H15O4Si4.C4H14O4Si4.C4H13O4Si4.C4H12O4Si4.10CH3.10Y/c4*1-9-5-10(2)7-12(4)8-11(3)6-9;;;;;;;;;;;;;;;;;;;;/h9-11H,1-4H3;9,12H,1-4H3;9H,1-4H3;1-4H3;10*1H3;;;;;;;;;;/q;;;;10*-1;;;;;;;;;;. The summed E-state index contributed by atoms with van der Waals surface area (Å²) in [6.45, 7) is 32.0. The second kappa shape index (κ2) is 85.1. The van der Waals surface area contributed by atoms with Crippen LogP contribution in [0.2, 0.25) is 105 Å². The first-order chi connectivity index (χ1) is 22.3. The molecule has 16 nitrogen and oxygen atoms in total. The average molecular weight is 1990 g/mol. The van der Waals surface area contributed by atoms with Crippen LogP contribution in [0.1, 0.15) is 0 Å². The van der Waals surface area contributed by atoms with Crippen LogP contribution in [0.25, 0.3) is 0 Å². The quantitative estimate of drug-likeness (QED) is 0.236. The van der Waals surface area contributed by atoms with Gasteiger partial charge in [0.1, 0.15) is 0 Å². The minimum Gasteiger partial charge on any atom is -0.420 e. The van der Waals surface area contributed by atoms with Crippen molar-refractivity contribution in [3.05, 3.63) is 74.3 Å². The van der Waals surface area contributed by atoms with E-state index < -0.39 is 149 Å². The van der Waals surface area contributed by atoms with Gasteiger partial charge >= 0.3 is 92.8 Å². The van der Waals surface area contributed by atoms with Gasteiger partial charge in [-0.3, -0.25) is 0 Å². The Hall–Kier alpha value is 13.9. The number of hydrogen-bond donors (Lipinski definition) is 0. The van der Waals surface area contributed by atoms with Gasteiger partial charge in [-0.25, -0.2) is 0 Å². The maximum atomic E-state index is 5.65. The van der Waals surface area contributed by atoms with Crippen LogP contribution in [0, 0.1) is 74.3 Å². The van der Waals surface area contributed by atoms with Crippen LogP contribution >= 0.6 is 0 Å². The molecule has 4 saturated heterocycles. The normalized spacial score (nSPS) is 23.0. The molecule has 20 radical (unpaired) electrons. The van der Waals surface area contributed by atoms with Crippen LogP contribution in [0.3, 0.4) is 0 Å². The van der Waals surface area contributed by atoms with Crippen LogP contribution in [-0.4, -0.2) is 149 Å². The predicted octanol–water partition coefficient (Wildman–Crippen LogP) is 5.03. The minimum absolute atomic E-state index is 0. The molecule has 0 N–H and O–H groups in total. The van der Waals surface area contributed by atoms with Crippen molar-refractivity contribution in [1.82, 2.24) is 0 Å². The summed E-state index contributed by atoms with van der Waals surface area (Å²) >= 11 is 0. The van der Waals surface area contributed by atoms with Gasteiger partial charge in [-0.1, -0.05) is 0 Å². The molecule has 2 atom stereocenters. The van der Waals surface area contributed by atoms with Gasteiger partial charge in [-0.2, -0.15) is 0 Å². The van der Waals surface area contributed by atoms with E-state index >= 15 is 0 Å². The largest absolute Gasteiger partial charge is 0.420 e. The van der Waals surface area contributed by atoms with E-state index in [0.717, 1.165) is 0 Å². The van der Waals surface area contributed by atoms with Crippen LogP contribution in [0.15, 0.2) is 0 Å². The van der Waals surface area contributed by atoms with Crippen LogP contribution in [0.5, 0.6) is 0 Å². The first-order valence-corrected chi connectivity index (χ1v) is 46.1. The molecule has 2 unspecified atom stereocenters. The van der Waals surface area contributed by atoms with E-state index in [1.165, 1.54) is 0 Å². The van der Waals surface area contributed by atoms with E-state index in [-0.39, 0.29) is 401 Å². The van der Waals surface area contributed by atoms with Crippen LogP contribution in [0.4, 0.5) is 0 Å². The van der Waals surface area contributed by atoms with E-state index in [0.29, 0.717) is 0 Å². The van der Waals surface area contributed by atoms with Crippen LogP contribution < -0.4 is 0 Å². The molecular weight excluding hydrogens is 1910 g/mol. The first kappa shape index (κ1) is 140. The molecule has 4 rings (SSSR count). The Morgan fingerprint density at radius 2 is 0.324 bits per heavy atom. The molecule has 0 aromatic rings. The summed E-state index contributed by atoms with van der Waals surface area (Å²) in [7, 11) is -19.7. The third-order valence-electron chi connectivity index (χ3n) is 5.15. The summed E-state index contributed by atoms with van der Waals surface area (Å²) in [4.78, 5) is 0. The molecule has 0 spiro atoms. The Morgan fingerprint density at radius 1 is 0.191 bits per heavy atom. The Balaban J connectivity index is -0.0000000229. The first-order valence-electron chi connectivity index (χ1n) is 15.4. The van der Waals surface area contributed by atoms with Gasteiger partial charge in [0.05, 0.1) is 0 Å². The molecule has 0 aromatic heterocycles. The number of hydrogen-bond acceptors (Lipinski definition) is 16. The fraction of sp³-hybridized carbons (Fsp3) is 0.615. The Morgan fingerprint density at radius 3 is 0.500 bits per heavy atom. The zero-order valence-corrected chi connectivity index (χ0v) is 92.1. The maximum Gasteiger partial charge on any atom is 0.362 e. The van der Waals surface area contributed by atoms with E-state index in [2.05, 4.69) is 0 Å². The van der Waals surface area contributed by atoms with Gasteiger partial charge in [0.25, 0.3) is 55.7 Å². The summed E-state index contributed by atoms with van der Waals surface area (Å²) in [6.07, 6.45) is 0. The topological polar surface area (TPSA) is 148 Å². The molecule has 0 aliphatic carbocycles. The molecule has 68 heavy (non-hydrogen) atoms. The SMILES string of the molecule is C[Si]1O[SiH](C)O[SiH](C)O[SiH](C)O1.C[Si]1O[SiH](C)O[Si](C)O[SiH](C)O1.C[Si]1O[Si](C)O[SiH](C)O[Si](C)O1.C[Si]1O[Si](C)O[Si](C)O[Si](C)O1.[CH3-].[CH3-].[CH3-].[CH3-].[CH3-].[CH3-].[CH3-].[CH3-].[CH3-].[CH3-].[Y].[Y].[Y].[Y].[Y].[Y].[Y].[Y].[Y].[Y]. The molecule has 0 aromatic carbocycles. The van der Waals surface area contributed by atoms with Crippen molar-refractivity contribution in [2.24, 2.45) is 0 Å². The Bertz CT molecular complexity index is 611. The van der Waals surface area contributed by atoms with Crippen LogP contribution in [-0.2, 0) is 393 Å². The van der Waals surface area contributed by atoms with Crippen molar-refractivity contribution < 1.29 is 393 Å². The summed E-state index contributed by atoms with van der Waals surface area (Å²) in [5.74, 6) is 0. The van der Waals surface area contributed by atoms with E-state index in [1.54, 1.807) is 0 Å². The van der Waals surface area contributed by atoms with E-state index in [1.807, 2.05) is 105 Å². The third-order valence-corrected chi connectivity index (χ3v) is 46.3. The summed E-state index contributed by atoms with van der Waals surface area (Å²) in [5, 5.41) is 0. The van der Waals surface area contributed by atoms with Gasteiger partial charge in [0, 0.05) is 327 Å². The molecule has 42 heteroatoms. The number of rotatable bonds is 0. The molecule has 4 aliphatic rings. The monoisotopic (exact) mass is 1990 g/mol. The average Bonchev–Trinajstić information content (AvgIpc) is 2.85. The summed E-state index contributed by atoms with van der Waals surface area (Å²) in [6, 6.07) is 0. The Labute approximate surface area is 704 Å². The van der Waals surface area contributed by atoms with Gasteiger partial charge < -0.3 is 140 Å². The van der Waals surface area contributed by atoms with Crippen molar-refractivity contribution in [2.75, 3.05) is 0 Å². The summed E-state index contributed by atoms with van der Waals surface area (Å²) in [5.41, 5.74) is 0. The zero-order valence-electron chi connectivity index (χ0n) is 46.8. The molecule has 0 saturated carbocycles. The molecule has 4 heterocycles. The predicted molar refractivity (Wildman–Crippen MR) is 276 cm³/mol. The zero-order chi connectivity index (χ0) is 36.6. The molecule has 0 bridgehead atoms. The molecular formula is C26H84O16Si16Y10-10. The van der Waals surface area contributed by atoms with Crippen molar-refractivity contribution >= 4 is 149 Å². The van der Waals surface area contributed by atoms with Gasteiger partial charge in [0.2, 0.25) is 0 Å².